The summed E-state index contributed by atoms with van der Waals surface area (Å²) < 4.78 is 0. The van der Waals surface area contributed by atoms with E-state index < -0.39 is 0 Å². The van der Waals surface area contributed by atoms with Crippen molar-refractivity contribution in [3.8, 4) is 0 Å². The van der Waals surface area contributed by atoms with Crippen molar-refractivity contribution in [2.24, 2.45) is 0 Å². The van der Waals surface area contributed by atoms with Gasteiger partial charge in [0.2, 0.25) is 11.8 Å². The molecule has 0 spiro atoms. The van der Waals surface area contributed by atoms with Crippen LogP contribution in [0, 0.1) is 0 Å². The Morgan fingerprint density at radius 3 is 2.59 bits per heavy atom. The molecule has 1 saturated heterocycles. The Bertz CT molecular complexity index is 326. The Hall–Kier alpha value is -0.940. The number of imide groups is 1. The van der Waals surface area contributed by atoms with E-state index in [-0.39, 0.29) is 29.9 Å². The molecule has 1 saturated carbocycles. The predicted octanol–water partition coefficient (Wildman–Crippen LogP) is -0.184. The lowest BCUT2D eigenvalue weighted by molar-refractivity contribution is -0.139. The van der Waals surface area contributed by atoms with Crippen LogP contribution in [-0.4, -0.2) is 60.4 Å². The average molecular weight is 239 g/mol. The molecule has 5 nitrogen and oxygen atoms in total. The summed E-state index contributed by atoms with van der Waals surface area (Å²) in [7, 11) is 3.99. The maximum atomic E-state index is 12.0. The van der Waals surface area contributed by atoms with Crippen LogP contribution in [0.15, 0.2) is 0 Å². The molecule has 1 aliphatic carbocycles. The molecule has 0 aromatic carbocycles. The van der Waals surface area contributed by atoms with Crippen LogP contribution in [0.25, 0.3) is 0 Å². The molecule has 1 heterocycles. The third-order valence-corrected chi connectivity index (χ3v) is 3.22. The summed E-state index contributed by atoms with van der Waals surface area (Å²) in [6, 6.07) is 0.106. The van der Waals surface area contributed by atoms with Gasteiger partial charge in [-0.15, -0.1) is 0 Å². The van der Waals surface area contributed by atoms with Gasteiger partial charge in [0.25, 0.3) is 0 Å². The fraction of sp³-hybridized carbons (Fsp3) is 0.833. The molecule has 5 heteroatoms. The van der Waals surface area contributed by atoms with Crippen LogP contribution in [0.1, 0.15) is 26.2 Å². The molecule has 2 amide bonds. The molecule has 2 rings (SSSR count). The van der Waals surface area contributed by atoms with Crippen LogP contribution in [0.5, 0.6) is 0 Å². The lowest BCUT2D eigenvalue weighted by atomic mass is 10.2. The first-order chi connectivity index (χ1) is 7.99. The van der Waals surface area contributed by atoms with E-state index in [2.05, 4.69) is 10.2 Å². The molecule has 0 aromatic heterocycles. The second-order valence-corrected chi connectivity index (χ2v) is 5.42. The highest BCUT2D eigenvalue weighted by molar-refractivity contribution is 6.06. The number of carbonyl (C=O) groups is 2. The number of amides is 2. The average Bonchev–Trinajstić information content (AvgIpc) is 2.95. The third kappa shape index (κ3) is 2.84. The molecule has 1 N–H and O–H groups in total. The van der Waals surface area contributed by atoms with Crippen molar-refractivity contribution in [2.75, 3.05) is 20.6 Å². The minimum absolute atomic E-state index is 0.00736. The Labute approximate surface area is 102 Å². The van der Waals surface area contributed by atoms with Crippen LogP contribution in [0.4, 0.5) is 0 Å². The summed E-state index contributed by atoms with van der Waals surface area (Å²) in [5.41, 5.74) is 0. The van der Waals surface area contributed by atoms with Crippen molar-refractivity contribution in [3.63, 3.8) is 0 Å². The topological polar surface area (TPSA) is 52.7 Å². The van der Waals surface area contributed by atoms with Gasteiger partial charge >= 0.3 is 0 Å². The van der Waals surface area contributed by atoms with Crippen molar-refractivity contribution in [1.82, 2.24) is 15.1 Å². The summed E-state index contributed by atoms with van der Waals surface area (Å²) in [6.07, 6.45) is 2.29. The van der Waals surface area contributed by atoms with E-state index >= 15 is 0 Å². The van der Waals surface area contributed by atoms with E-state index in [0.717, 1.165) is 19.4 Å². The largest absolute Gasteiger partial charge is 0.308 e. The van der Waals surface area contributed by atoms with Gasteiger partial charge < -0.3 is 10.2 Å². The molecule has 0 radical (unpaired) electrons. The number of hydrogen-bond donors (Lipinski definition) is 1. The van der Waals surface area contributed by atoms with E-state index in [1.807, 2.05) is 21.0 Å². The summed E-state index contributed by atoms with van der Waals surface area (Å²) in [4.78, 5) is 27.3. The van der Waals surface area contributed by atoms with Crippen LogP contribution < -0.4 is 5.32 Å². The number of likely N-dealkylation sites (N-methyl/N-ethyl adjacent to an activating group) is 1. The second-order valence-electron chi connectivity index (χ2n) is 5.42. The summed E-state index contributed by atoms with van der Waals surface area (Å²) >= 11 is 0. The summed E-state index contributed by atoms with van der Waals surface area (Å²) in [6.45, 7) is 2.90. The quantitative estimate of drug-likeness (QED) is 0.676. The van der Waals surface area contributed by atoms with Gasteiger partial charge in [-0.1, -0.05) is 0 Å². The summed E-state index contributed by atoms with van der Waals surface area (Å²) in [5, 5.41) is 3.25. The second kappa shape index (κ2) is 4.74. The van der Waals surface area contributed by atoms with E-state index in [1.54, 1.807) is 0 Å². The van der Waals surface area contributed by atoms with E-state index in [1.165, 1.54) is 4.90 Å². The Balaban J connectivity index is 1.90. The van der Waals surface area contributed by atoms with Crippen molar-refractivity contribution in [2.45, 2.75) is 44.3 Å². The maximum Gasteiger partial charge on any atom is 0.247 e. The smallest absolute Gasteiger partial charge is 0.247 e. The molecule has 2 fully saturated rings. The Morgan fingerprint density at radius 2 is 2.06 bits per heavy atom. The highest BCUT2D eigenvalue weighted by Crippen LogP contribution is 2.31. The number of carbonyl (C=O) groups excluding carboxylic acids is 2. The number of rotatable bonds is 5. The maximum absolute atomic E-state index is 12.0. The Kier molecular flexibility index (Phi) is 3.49. The number of hydrogen-bond acceptors (Lipinski definition) is 4. The van der Waals surface area contributed by atoms with Gasteiger partial charge in [0, 0.05) is 18.6 Å². The molecule has 17 heavy (non-hydrogen) atoms. The minimum Gasteiger partial charge on any atom is -0.308 e. The molecule has 96 valence electrons. The van der Waals surface area contributed by atoms with E-state index in [4.69, 9.17) is 0 Å². The van der Waals surface area contributed by atoms with Gasteiger partial charge in [-0.25, -0.2) is 0 Å². The molecule has 2 aliphatic rings. The van der Waals surface area contributed by atoms with Crippen LogP contribution in [0.3, 0.4) is 0 Å². The highest BCUT2D eigenvalue weighted by atomic mass is 16.2. The molecular formula is C12H21N3O2. The first kappa shape index (κ1) is 12.5. The molecular weight excluding hydrogens is 218 g/mol. The van der Waals surface area contributed by atoms with Crippen molar-refractivity contribution < 1.29 is 9.59 Å². The first-order valence-corrected chi connectivity index (χ1v) is 6.25. The molecule has 2 atom stereocenters. The zero-order valence-electron chi connectivity index (χ0n) is 10.8. The van der Waals surface area contributed by atoms with Gasteiger partial charge in [0.1, 0.15) is 0 Å². The zero-order valence-corrected chi connectivity index (χ0v) is 10.8. The van der Waals surface area contributed by atoms with Gasteiger partial charge in [-0.3, -0.25) is 14.5 Å². The molecule has 0 aromatic rings. The van der Waals surface area contributed by atoms with Gasteiger partial charge in [0.05, 0.1) is 12.5 Å². The van der Waals surface area contributed by atoms with E-state index in [9.17, 15) is 9.59 Å². The zero-order chi connectivity index (χ0) is 12.6. The first-order valence-electron chi connectivity index (χ1n) is 6.25. The number of nitrogens with zero attached hydrogens (tertiary/aromatic N) is 2. The lowest BCUT2D eigenvalue weighted by Gasteiger charge is -2.21. The summed E-state index contributed by atoms with van der Waals surface area (Å²) in [5.74, 6) is -0.0323. The van der Waals surface area contributed by atoms with Crippen LogP contribution in [0.2, 0.25) is 0 Å². The fourth-order valence-corrected chi connectivity index (χ4v) is 2.44. The predicted molar refractivity (Wildman–Crippen MR) is 64.4 cm³/mol. The van der Waals surface area contributed by atoms with Gasteiger partial charge in [-0.2, -0.15) is 0 Å². The monoisotopic (exact) mass is 239 g/mol. The minimum atomic E-state index is -0.307. The van der Waals surface area contributed by atoms with E-state index in [0.29, 0.717) is 6.42 Å². The third-order valence-electron chi connectivity index (χ3n) is 3.22. The van der Waals surface area contributed by atoms with Crippen LogP contribution in [-0.2, 0) is 9.59 Å². The standard InChI is InChI=1S/C12H21N3O2/c1-8(7-14(2)3)13-10-6-11(16)15(12(10)17)9-4-5-9/h8-10,13H,4-7H2,1-3H3. The molecule has 2 unspecified atom stereocenters. The number of nitrogens with one attached hydrogen (secondary N) is 1. The van der Waals surface area contributed by atoms with Gasteiger partial charge in [-0.05, 0) is 33.9 Å². The van der Waals surface area contributed by atoms with Crippen molar-refractivity contribution in [1.29, 1.82) is 0 Å². The molecule has 0 bridgehead atoms. The number of likely N-dealkylation sites (tertiary alicyclic amines) is 1. The highest BCUT2D eigenvalue weighted by Gasteiger charge is 2.46. The van der Waals surface area contributed by atoms with Crippen molar-refractivity contribution >= 4 is 11.8 Å². The van der Waals surface area contributed by atoms with Crippen LogP contribution >= 0.6 is 0 Å². The van der Waals surface area contributed by atoms with Gasteiger partial charge in [0.15, 0.2) is 0 Å². The SMILES string of the molecule is CC(CN(C)C)NC1CC(=O)N(C2CC2)C1=O. The Morgan fingerprint density at radius 1 is 1.41 bits per heavy atom. The normalized spacial score (nSPS) is 27.1. The lowest BCUT2D eigenvalue weighted by Crippen LogP contribution is -2.46. The fourth-order valence-electron chi connectivity index (χ4n) is 2.44. The molecule has 1 aliphatic heterocycles. The van der Waals surface area contributed by atoms with Crippen molar-refractivity contribution in [3.05, 3.63) is 0 Å².